The van der Waals surface area contributed by atoms with Crippen molar-refractivity contribution in [2.45, 2.75) is 11.9 Å². The summed E-state index contributed by atoms with van der Waals surface area (Å²) in [5.41, 5.74) is 0.332. The van der Waals surface area contributed by atoms with Crippen LogP contribution in [0.25, 0.3) is 0 Å². The molecule has 0 heterocycles. The van der Waals surface area contributed by atoms with Gasteiger partial charge in [0.2, 0.25) is 10.0 Å². The highest BCUT2D eigenvalue weighted by Gasteiger charge is 2.38. The number of alkyl halides is 3. The molecule has 0 aliphatic rings. The first-order valence-electron chi connectivity index (χ1n) is 6.78. The zero-order chi connectivity index (χ0) is 18.7. The predicted molar refractivity (Wildman–Crippen MR) is 83.8 cm³/mol. The molecule has 134 valence electrons. The maximum Gasteiger partial charge on any atom is 0.471 e. The van der Waals surface area contributed by atoms with E-state index in [1.807, 2.05) is 0 Å². The Morgan fingerprint density at radius 1 is 0.920 bits per heavy atom. The average molecular weight is 376 g/mol. The normalized spacial score (nSPS) is 11.8. The van der Waals surface area contributed by atoms with Gasteiger partial charge in [-0.05, 0) is 42.0 Å². The van der Waals surface area contributed by atoms with Crippen LogP contribution in [0.1, 0.15) is 5.56 Å². The van der Waals surface area contributed by atoms with Gasteiger partial charge in [-0.25, -0.2) is 12.8 Å². The summed E-state index contributed by atoms with van der Waals surface area (Å²) in [6, 6.07) is 9.56. The van der Waals surface area contributed by atoms with Crippen LogP contribution in [-0.4, -0.2) is 20.5 Å². The zero-order valence-electron chi connectivity index (χ0n) is 12.5. The highest BCUT2D eigenvalue weighted by molar-refractivity contribution is 7.91. The standard InChI is InChI=1S/C15H12F4N2O3S/c16-11-3-1-10(2-4-11)9-25(23,24)21-13-7-5-12(6-8-13)20-14(22)15(17,18)19/h1-8,21H,9H2,(H,20,22). The molecule has 5 nitrogen and oxygen atoms in total. The number of amides is 1. The van der Waals surface area contributed by atoms with E-state index in [1.54, 1.807) is 5.32 Å². The number of hydrogen-bond acceptors (Lipinski definition) is 3. The Morgan fingerprint density at radius 3 is 1.96 bits per heavy atom. The fraction of sp³-hybridized carbons (Fsp3) is 0.133. The number of hydrogen-bond donors (Lipinski definition) is 2. The molecule has 0 atom stereocenters. The molecule has 25 heavy (non-hydrogen) atoms. The van der Waals surface area contributed by atoms with Gasteiger partial charge in [-0.2, -0.15) is 13.2 Å². The van der Waals surface area contributed by atoms with Crippen molar-refractivity contribution in [1.82, 2.24) is 0 Å². The van der Waals surface area contributed by atoms with Gasteiger partial charge in [0.05, 0.1) is 5.75 Å². The van der Waals surface area contributed by atoms with Crippen LogP contribution in [0.5, 0.6) is 0 Å². The molecular weight excluding hydrogens is 364 g/mol. The summed E-state index contributed by atoms with van der Waals surface area (Å²) in [6.45, 7) is 0. The van der Waals surface area contributed by atoms with Gasteiger partial charge >= 0.3 is 12.1 Å². The Hall–Kier alpha value is -2.62. The SMILES string of the molecule is O=C(Nc1ccc(NS(=O)(=O)Cc2ccc(F)cc2)cc1)C(F)(F)F. The molecule has 2 aromatic carbocycles. The van der Waals surface area contributed by atoms with E-state index in [0.717, 1.165) is 24.3 Å². The second-order valence-electron chi connectivity index (χ2n) is 5.02. The van der Waals surface area contributed by atoms with E-state index in [0.29, 0.717) is 5.56 Å². The Balaban J connectivity index is 2.02. The lowest BCUT2D eigenvalue weighted by atomic mass is 10.2. The second-order valence-corrected chi connectivity index (χ2v) is 6.74. The van der Waals surface area contributed by atoms with Crippen molar-refractivity contribution in [3.63, 3.8) is 0 Å². The number of sulfonamides is 1. The minimum absolute atomic E-state index is 0.104. The van der Waals surface area contributed by atoms with Gasteiger partial charge < -0.3 is 5.32 Å². The number of carbonyl (C=O) groups is 1. The fourth-order valence-electron chi connectivity index (χ4n) is 1.84. The first-order chi connectivity index (χ1) is 11.5. The number of anilines is 2. The molecule has 0 bridgehead atoms. The largest absolute Gasteiger partial charge is 0.471 e. The molecule has 0 radical (unpaired) electrons. The second kappa shape index (κ2) is 7.09. The van der Waals surface area contributed by atoms with E-state index in [1.165, 1.54) is 24.3 Å². The van der Waals surface area contributed by atoms with Crippen LogP contribution in [0.15, 0.2) is 48.5 Å². The molecule has 0 fully saturated rings. The maximum absolute atomic E-state index is 12.8. The van der Waals surface area contributed by atoms with Crippen LogP contribution in [0.4, 0.5) is 28.9 Å². The van der Waals surface area contributed by atoms with Gasteiger partial charge in [0, 0.05) is 11.4 Å². The van der Waals surface area contributed by atoms with E-state index >= 15 is 0 Å². The van der Waals surface area contributed by atoms with E-state index in [9.17, 15) is 30.8 Å². The summed E-state index contributed by atoms with van der Waals surface area (Å²) < 4.78 is 75.5. The third kappa shape index (κ3) is 5.75. The summed E-state index contributed by atoms with van der Waals surface area (Å²) in [5.74, 6) is -3.03. The van der Waals surface area contributed by atoms with E-state index < -0.39 is 33.7 Å². The molecular formula is C15H12F4N2O3S. The smallest absolute Gasteiger partial charge is 0.318 e. The summed E-state index contributed by atoms with van der Waals surface area (Å²) in [6.07, 6.45) is -5.02. The van der Waals surface area contributed by atoms with Crippen LogP contribution in [0.3, 0.4) is 0 Å². The first-order valence-corrected chi connectivity index (χ1v) is 8.43. The predicted octanol–water partition coefficient (Wildman–Crippen LogP) is 3.27. The van der Waals surface area contributed by atoms with Crippen molar-refractivity contribution in [3.8, 4) is 0 Å². The topological polar surface area (TPSA) is 75.3 Å². The molecule has 0 saturated heterocycles. The molecule has 2 N–H and O–H groups in total. The Labute approximate surface area is 140 Å². The van der Waals surface area contributed by atoms with Crippen LogP contribution in [0.2, 0.25) is 0 Å². The zero-order valence-corrected chi connectivity index (χ0v) is 13.3. The van der Waals surface area contributed by atoms with Crippen LogP contribution in [0, 0.1) is 5.82 Å². The lowest BCUT2D eigenvalue weighted by molar-refractivity contribution is -0.167. The Bertz CT molecular complexity index is 848. The van der Waals surface area contributed by atoms with Crippen LogP contribution in [-0.2, 0) is 20.6 Å². The molecule has 0 saturated carbocycles. The summed E-state index contributed by atoms with van der Waals surface area (Å²) in [4.78, 5) is 10.8. The Morgan fingerprint density at radius 2 is 1.44 bits per heavy atom. The van der Waals surface area contributed by atoms with Crippen molar-refractivity contribution >= 4 is 27.3 Å². The van der Waals surface area contributed by atoms with Crippen molar-refractivity contribution < 1.29 is 30.8 Å². The molecule has 2 rings (SSSR count). The van der Waals surface area contributed by atoms with Gasteiger partial charge in [0.1, 0.15) is 5.82 Å². The van der Waals surface area contributed by atoms with Gasteiger partial charge in [-0.15, -0.1) is 0 Å². The van der Waals surface area contributed by atoms with Crippen molar-refractivity contribution in [3.05, 3.63) is 59.9 Å². The molecule has 0 aliphatic carbocycles. The van der Waals surface area contributed by atoms with Crippen molar-refractivity contribution in [1.29, 1.82) is 0 Å². The Kier molecular flexibility index (Phi) is 5.31. The number of halogens is 4. The quantitative estimate of drug-likeness (QED) is 0.787. The molecule has 0 unspecified atom stereocenters. The minimum atomic E-state index is -5.02. The minimum Gasteiger partial charge on any atom is -0.318 e. The van der Waals surface area contributed by atoms with E-state index in [2.05, 4.69) is 4.72 Å². The van der Waals surface area contributed by atoms with Crippen LogP contribution >= 0.6 is 0 Å². The van der Waals surface area contributed by atoms with Crippen molar-refractivity contribution in [2.75, 3.05) is 10.0 Å². The van der Waals surface area contributed by atoms with E-state index in [-0.39, 0.29) is 11.4 Å². The molecule has 1 amide bonds. The number of carbonyl (C=O) groups excluding carboxylic acids is 1. The number of rotatable bonds is 5. The molecule has 0 aromatic heterocycles. The summed E-state index contributed by atoms with van der Waals surface area (Å²) in [7, 11) is -3.80. The van der Waals surface area contributed by atoms with Gasteiger partial charge in [0.15, 0.2) is 0 Å². The number of nitrogens with one attached hydrogen (secondary N) is 2. The molecule has 0 aliphatic heterocycles. The lowest BCUT2D eigenvalue weighted by Gasteiger charge is -2.10. The fourth-order valence-corrected chi connectivity index (χ4v) is 3.04. The maximum atomic E-state index is 12.8. The molecule has 2 aromatic rings. The highest BCUT2D eigenvalue weighted by Crippen LogP contribution is 2.20. The van der Waals surface area contributed by atoms with E-state index in [4.69, 9.17) is 0 Å². The lowest BCUT2D eigenvalue weighted by Crippen LogP contribution is -2.29. The monoisotopic (exact) mass is 376 g/mol. The average Bonchev–Trinajstić information content (AvgIpc) is 2.50. The first kappa shape index (κ1) is 18.7. The van der Waals surface area contributed by atoms with Gasteiger partial charge in [-0.3, -0.25) is 9.52 Å². The molecule has 0 spiro atoms. The van der Waals surface area contributed by atoms with Crippen molar-refractivity contribution in [2.24, 2.45) is 0 Å². The van der Waals surface area contributed by atoms with Gasteiger partial charge in [-0.1, -0.05) is 12.1 Å². The summed E-state index contributed by atoms with van der Waals surface area (Å²) >= 11 is 0. The number of benzene rings is 2. The highest BCUT2D eigenvalue weighted by atomic mass is 32.2. The third-order valence-corrected chi connectivity index (χ3v) is 4.20. The summed E-state index contributed by atoms with van der Waals surface area (Å²) in [5, 5.41) is 1.64. The van der Waals surface area contributed by atoms with Crippen LogP contribution < -0.4 is 10.0 Å². The third-order valence-electron chi connectivity index (χ3n) is 2.94. The molecule has 10 heteroatoms. The van der Waals surface area contributed by atoms with Gasteiger partial charge in [0.25, 0.3) is 0 Å².